The van der Waals surface area contributed by atoms with Gasteiger partial charge in [-0.1, -0.05) is 6.07 Å². The van der Waals surface area contributed by atoms with E-state index in [1.807, 2.05) is 0 Å². The fourth-order valence-electron chi connectivity index (χ4n) is 2.08. The van der Waals surface area contributed by atoms with Gasteiger partial charge in [-0.25, -0.2) is 4.98 Å². The van der Waals surface area contributed by atoms with Crippen LogP contribution in [0.15, 0.2) is 18.2 Å². The smallest absolute Gasteiger partial charge is 0.388 e. The zero-order chi connectivity index (χ0) is 15.5. The number of hydrogen-bond donors (Lipinski definition) is 0. The Morgan fingerprint density at radius 1 is 1.38 bits per heavy atom. The van der Waals surface area contributed by atoms with Gasteiger partial charge in [0.2, 0.25) is 5.88 Å². The predicted molar refractivity (Wildman–Crippen MR) is 65.2 cm³/mol. The van der Waals surface area contributed by atoms with Crippen LogP contribution in [0.2, 0.25) is 0 Å². The standard InChI is InChI=1S/C13H12F3N3O2/c14-13(15,16)21-11-3-1-2-10(18-11)12(20)19-6-4-9(8-17)5-7-19/h1-3,9H,4-7H2. The van der Waals surface area contributed by atoms with Crippen LogP contribution in [0.5, 0.6) is 5.88 Å². The number of piperidine rings is 1. The summed E-state index contributed by atoms with van der Waals surface area (Å²) in [5.74, 6) is -1.21. The second kappa shape index (κ2) is 5.99. The molecule has 0 saturated carbocycles. The molecule has 0 unspecified atom stereocenters. The summed E-state index contributed by atoms with van der Waals surface area (Å²) in [6, 6.07) is 5.79. The summed E-state index contributed by atoms with van der Waals surface area (Å²) in [7, 11) is 0. The molecule has 2 heterocycles. The second-order valence-electron chi connectivity index (χ2n) is 4.60. The van der Waals surface area contributed by atoms with Gasteiger partial charge in [0.1, 0.15) is 5.69 Å². The summed E-state index contributed by atoms with van der Waals surface area (Å²) in [5, 5.41) is 8.79. The van der Waals surface area contributed by atoms with Gasteiger partial charge in [0.05, 0.1) is 6.07 Å². The number of nitriles is 1. The lowest BCUT2D eigenvalue weighted by molar-refractivity contribution is -0.276. The molecule has 8 heteroatoms. The summed E-state index contributed by atoms with van der Waals surface area (Å²) >= 11 is 0. The van der Waals surface area contributed by atoms with Crippen molar-refractivity contribution in [3.8, 4) is 11.9 Å². The van der Waals surface area contributed by atoms with Crippen molar-refractivity contribution in [1.82, 2.24) is 9.88 Å². The molecule has 21 heavy (non-hydrogen) atoms. The monoisotopic (exact) mass is 299 g/mol. The maximum atomic E-state index is 12.2. The third kappa shape index (κ3) is 4.08. The van der Waals surface area contributed by atoms with Crippen molar-refractivity contribution < 1.29 is 22.7 Å². The van der Waals surface area contributed by atoms with E-state index in [2.05, 4.69) is 15.8 Å². The minimum Gasteiger partial charge on any atom is -0.388 e. The van der Waals surface area contributed by atoms with E-state index in [0.717, 1.165) is 6.07 Å². The lowest BCUT2D eigenvalue weighted by Gasteiger charge is -2.28. The Balaban J connectivity index is 2.06. The average Bonchev–Trinajstić information content (AvgIpc) is 2.45. The van der Waals surface area contributed by atoms with Crippen molar-refractivity contribution in [3.63, 3.8) is 0 Å². The first-order valence-corrected chi connectivity index (χ1v) is 6.31. The topological polar surface area (TPSA) is 66.2 Å². The first-order chi connectivity index (χ1) is 9.89. The van der Waals surface area contributed by atoms with Gasteiger partial charge in [-0.3, -0.25) is 4.79 Å². The number of carbonyl (C=O) groups is 1. The lowest BCUT2D eigenvalue weighted by Crippen LogP contribution is -2.38. The molecule has 1 aromatic rings. The van der Waals surface area contributed by atoms with E-state index in [-0.39, 0.29) is 11.6 Å². The highest BCUT2D eigenvalue weighted by atomic mass is 19.4. The molecular weight excluding hydrogens is 287 g/mol. The van der Waals surface area contributed by atoms with Crippen molar-refractivity contribution >= 4 is 5.91 Å². The molecule has 1 saturated heterocycles. The van der Waals surface area contributed by atoms with Crippen LogP contribution < -0.4 is 4.74 Å². The van der Waals surface area contributed by atoms with Crippen molar-refractivity contribution in [2.24, 2.45) is 5.92 Å². The van der Waals surface area contributed by atoms with E-state index in [0.29, 0.717) is 25.9 Å². The molecular formula is C13H12F3N3O2. The second-order valence-corrected chi connectivity index (χ2v) is 4.60. The Morgan fingerprint density at radius 3 is 2.62 bits per heavy atom. The Hall–Kier alpha value is -2.30. The number of hydrogen-bond acceptors (Lipinski definition) is 4. The molecule has 1 fully saturated rings. The number of ether oxygens (including phenoxy) is 1. The first-order valence-electron chi connectivity index (χ1n) is 6.31. The van der Waals surface area contributed by atoms with Gasteiger partial charge in [0, 0.05) is 25.1 Å². The minimum absolute atomic E-state index is 0.0816. The summed E-state index contributed by atoms with van der Waals surface area (Å²) in [5.41, 5.74) is -0.104. The third-order valence-corrected chi connectivity index (χ3v) is 3.13. The molecule has 1 aliphatic heterocycles. The highest BCUT2D eigenvalue weighted by Crippen LogP contribution is 2.22. The number of carbonyl (C=O) groups excluding carboxylic acids is 1. The molecule has 5 nitrogen and oxygen atoms in total. The third-order valence-electron chi connectivity index (χ3n) is 3.13. The largest absolute Gasteiger partial charge is 0.574 e. The van der Waals surface area contributed by atoms with Crippen molar-refractivity contribution in [1.29, 1.82) is 5.26 Å². The zero-order valence-electron chi connectivity index (χ0n) is 10.9. The van der Waals surface area contributed by atoms with Gasteiger partial charge < -0.3 is 9.64 Å². The van der Waals surface area contributed by atoms with E-state index in [1.54, 1.807) is 0 Å². The highest BCUT2D eigenvalue weighted by molar-refractivity contribution is 5.92. The maximum absolute atomic E-state index is 12.2. The lowest BCUT2D eigenvalue weighted by atomic mass is 9.98. The van der Waals surface area contributed by atoms with Crippen molar-refractivity contribution in [2.45, 2.75) is 19.2 Å². The number of likely N-dealkylation sites (tertiary alicyclic amines) is 1. The van der Waals surface area contributed by atoms with Crippen molar-refractivity contribution in [3.05, 3.63) is 23.9 Å². The fraction of sp³-hybridized carbons (Fsp3) is 0.462. The van der Waals surface area contributed by atoms with Crippen LogP contribution in [0.1, 0.15) is 23.3 Å². The molecule has 2 rings (SSSR count). The molecule has 112 valence electrons. The van der Waals surface area contributed by atoms with E-state index in [4.69, 9.17) is 5.26 Å². The van der Waals surface area contributed by atoms with Crippen LogP contribution in [-0.4, -0.2) is 35.2 Å². The number of amides is 1. The number of pyridine rings is 1. The summed E-state index contributed by atoms with van der Waals surface area (Å²) in [4.78, 5) is 17.2. The van der Waals surface area contributed by atoms with E-state index >= 15 is 0 Å². The fourth-order valence-corrected chi connectivity index (χ4v) is 2.08. The Kier molecular flexibility index (Phi) is 4.31. The molecule has 0 radical (unpaired) electrons. The van der Waals surface area contributed by atoms with Gasteiger partial charge in [0.15, 0.2) is 0 Å². The minimum atomic E-state index is -4.85. The number of alkyl halides is 3. The molecule has 1 aromatic heterocycles. The number of nitrogens with zero attached hydrogens (tertiary/aromatic N) is 3. The van der Waals surface area contributed by atoms with Gasteiger partial charge in [-0.05, 0) is 18.9 Å². The van der Waals surface area contributed by atoms with Gasteiger partial charge in [0.25, 0.3) is 5.91 Å². The molecule has 0 spiro atoms. The van der Waals surface area contributed by atoms with Gasteiger partial charge >= 0.3 is 6.36 Å². The molecule has 0 bridgehead atoms. The summed E-state index contributed by atoms with van der Waals surface area (Å²) in [6.07, 6.45) is -3.73. The molecule has 0 atom stereocenters. The van der Waals surface area contributed by atoms with Crippen LogP contribution in [0, 0.1) is 17.2 Å². The highest BCUT2D eigenvalue weighted by Gasteiger charge is 2.32. The number of rotatable bonds is 2. The van der Waals surface area contributed by atoms with E-state index in [9.17, 15) is 18.0 Å². The molecule has 0 N–H and O–H groups in total. The number of halogens is 3. The first kappa shape index (κ1) is 15.1. The predicted octanol–water partition coefficient (Wildman–Crippen LogP) is 2.36. The van der Waals surface area contributed by atoms with Crippen LogP contribution in [-0.2, 0) is 0 Å². The molecule has 0 aliphatic carbocycles. The number of aromatic nitrogens is 1. The summed E-state index contributed by atoms with van der Waals surface area (Å²) in [6.45, 7) is 0.784. The Bertz CT molecular complexity index is 561. The van der Waals surface area contributed by atoms with Crippen LogP contribution in [0.3, 0.4) is 0 Å². The van der Waals surface area contributed by atoms with Crippen LogP contribution >= 0.6 is 0 Å². The van der Waals surface area contributed by atoms with E-state index in [1.165, 1.54) is 17.0 Å². The van der Waals surface area contributed by atoms with E-state index < -0.39 is 18.1 Å². The van der Waals surface area contributed by atoms with Gasteiger partial charge in [-0.15, -0.1) is 13.2 Å². The molecule has 0 aromatic carbocycles. The Labute approximate surface area is 118 Å². The summed E-state index contributed by atoms with van der Waals surface area (Å²) < 4.78 is 40.1. The van der Waals surface area contributed by atoms with Crippen molar-refractivity contribution in [2.75, 3.05) is 13.1 Å². The zero-order valence-corrected chi connectivity index (χ0v) is 10.9. The Morgan fingerprint density at radius 2 is 2.05 bits per heavy atom. The van der Waals surface area contributed by atoms with Crippen LogP contribution in [0.25, 0.3) is 0 Å². The van der Waals surface area contributed by atoms with Crippen LogP contribution in [0.4, 0.5) is 13.2 Å². The molecule has 1 amide bonds. The molecule has 1 aliphatic rings. The normalized spacial score (nSPS) is 16.4. The average molecular weight is 299 g/mol. The van der Waals surface area contributed by atoms with Gasteiger partial charge in [-0.2, -0.15) is 5.26 Å². The SMILES string of the molecule is N#CC1CCN(C(=O)c2cccc(OC(F)(F)F)n2)CC1. The maximum Gasteiger partial charge on any atom is 0.574 e. The quantitative estimate of drug-likeness (QED) is 0.840.